The average molecular weight is 947 g/mol. The number of nitrogens with zero attached hydrogens (tertiary/aromatic N) is 1. The van der Waals surface area contributed by atoms with E-state index in [9.17, 15) is 24.6 Å². The van der Waals surface area contributed by atoms with Gasteiger partial charge in [-0.1, -0.05) is 110 Å². The summed E-state index contributed by atoms with van der Waals surface area (Å²) >= 11 is 0. The Hall–Kier alpha value is -2.61. The molecular weight excluding hydrogens is 853 g/mol. The summed E-state index contributed by atoms with van der Waals surface area (Å²) in [5, 5.41) is 20.5. The first kappa shape index (κ1) is 51.3. The molecule has 0 saturated heterocycles. The average Bonchev–Trinajstić information content (AvgIpc) is 3.91. The quantitative estimate of drug-likeness (QED) is 0.134. The third-order valence-corrected chi connectivity index (χ3v) is 22.9. The van der Waals surface area contributed by atoms with Crippen molar-refractivity contribution in [3.63, 3.8) is 0 Å². The molecule has 1 aliphatic heterocycles. The van der Waals surface area contributed by atoms with E-state index in [2.05, 4.69) is 67.5 Å². The highest BCUT2D eigenvalue weighted by Crippen LogP contribution is 2.69. The number of carbonyl (C=O) groups is 3. The number of Topliss-reactive ketones (excluding diaryl/α,β-unsaturated/α-hetero) is 1. The maximum atomic E-state index is 13.6. The Morgan fingerprint density at radius 2 is 1.13 bits per heavy atom. The lowest BCUT2D eigenvalue weighted by Crippen LogP contribution is -2.51. The monoisotopic (exact) mass is 947 g/mol. The first-order valence-corrected chi connectivity index (χ1v) is 28.8. The number of benzene rings is 1. The van der Waals surface area contributed by atoms with Crippen molar-refractivity contribution in [2.45, 2.75) is 202 Å². The van der Waals surface area contributed by atoms with E-state index in [1.807, 2.05) is 12.1 Å². The van der Waals surface area contributed by atoms with Crippen molar-refractivity contribution in [3.05, 3.63) is 58.7 Å². The second-order valence-corrected chi connectivity index (χ2v) is 26.8. The van der Waals surface area contributed by atoms with Gasteiger partial charge < -0.3 is 15.9 Å². The largest absolute Gasteiger partial charge is 0.393 e. The summed E-state index contributed by atoms with van der Waals surface area (Å²) in [7, 11) is 0. The summed E-state index contributed by atoms with van der Waals surface area (Å²) in [6, 6.07) is 7.10. The van der Waals surface area contributed by atoms with E-state index in [-0.39, 0.29) is 46.7 Å². The van der Waals surface area contributed by atoms with E-state index in [0.717, 1.165) is 107 Å². The third kappa shape index (κ3) is 9.16. The van der Waals surface area contributed by atoms with Gasteiger partial charge >= 0.3 is 0 Å². The number of imide groups is 1. The van der Waals surface area contributed by atoms with Crippen LogP contribution in [0, 0.1) is 92.7 Å². The van der Waals surface area contributed by atoms with Crippen molar-refractivity contribution in [3.8, 4) is 0 Å². The fourth-order valence-corrected chi connectivity index (χ4v) is 18.9. The number of fused-ring (bicyclic) bond motifs is 11. The molecule has 2 amide bonds. The van der Waals surface area contributed by atoms with Crippen LogP contribution >= 0.6 is 0 Å². The molecule has 6 saturated carbocycles. The van der Waals surface area contributed by atoms with Crippen LogP contribution in [0.4, 0.5) is 0 Å². The summed E-state index contributed by atoms with van der Waals surface area (Å²) < 4.78 is 0. The van der Waals surface area contributed by atoms with E-state index in [1.165, 1.54) is 74.7 Å². The lowest BCUT2D eigenvalue weighted by atomic mass is 9.47. The second kappa shape index (κ2) is 20.0. The number of carbonyl (C=O) groups excluding carboxylic acids is 3. The van der Waals surface area contributed by atoms with Crippen molar-refractivity contribution in [2.75, 3.05) is 13.1 Å². The molecule has 0 unspecified atom stereocenters. The number of hydrogen-bond donors (Lipinski definition) is 3. The van der Waals surface area contributed by atoms with E-state index in [0.29, 0.717) is 63.9 Å². The van der Waals surface area contributed by atoms with E-state index < -0.39 is 0 Å². The molecule has 7 nitrogen and oxygen atoms in total. The number of nitrogens with two attached hydrogens (primary N) is 1. The Morgan fingerprint density at radius 1 is 0.609 bits per heavy atom. The van der Waals surface area contributed by atoms with Gasteiger partial charge in [-0.2, -0.15) is 0 Å². The number of aliphatic hydroxyl groups is 2. The van der Waals surface area contributed by atoms with Crippen LogP contribution in [0.15, 0.2) is 47.6 Å². The van der Waals surface area contributed by atoms with Crippen LogP contribution in [0.5, 0.6) is 0 Å². The minimum Gasteiger partial charge on any atom is -0.393 e. The smallest absolute Gasteiger partial charge is 0.261 e. The minimum absolute atomic E-state index is 0.0827. The van der Waals surface area contributed by atoms with E-state index >= 15 is 0 Å². The van der Waals surface area contributed by atoms with Gasteiger partial charge in [0.15, 0.2) is 0 Å². The van der Waals surface area contributed by atoms with E-state index in [4.69, 9.17) is 5.73 Å². The molecule has 1 aromatic carbocycles. The Kier molecular flexibility index (Phi) is 14.9. The van der Waals surface area contributed by atoms with Crippen molar-refractivity contribution >= 4 is 17.6 Å². The molecule has 7 heteroatoms. The Labute approximate surface area is 418 Å². The molecule has 9 aliphatic rings. The Morgan fingerprint density at radius 3 is 1.70 bits per heavy atom. The van der Waals surface area contributed by atoms with Gasteiger partial charge in [0.2, 0.25) is 0 Å². The van der Waals surface area contributed by atoms with Crippen molar-refractivity contribution < 1.29 is 24.6 Å². The van der Waals surface area contributed by atoms with Crippen LogP contribution in [0.1, 0.15) is 211 Å². The predicted molar refractivity (Wildman–Crippen MR) is 278 cm³/mol. The van der Waals surface area contributed by atoms with Gasteiger partial charge in [-0.3, -0.25) is 19.3 Å². The van der Waals surface area contributed by atoms with Crippen molar-refractivity contribution in [2.24, 2.45) is 98.4 Å². The molecule has 0 aromatic heterocycles. The summed E-state index contributed by atoms with van der Waals surface area (Å²) in [5.74, 6) is 7.72. The molecular formula is C62H94N2O5. The van der Waals surface area contributed by atoms with Crippen LogP contribution in [0.3, 0.4) is 0 Å². The van der Waals surface area contributed by atoms with Crippen molar-refractivity contribution in [1.82, 2.24) is 4.90 Å². The highest BCUT2D eigenvalue weighted by molar-refractivity contribution is 6.21. The molecule has 382 valence electrons. The van der Waals surface area contributed by atoms with Crippen LogP contribution in [-0.4, -0.2) is 58.0 Å². The molecule has 0 radical (unpaired) electrons. The summed E-state index contributed by atoms with van der Waals surface area (Å²) in [4.78, 5) is 40.6. The molecule has 10 rings (SSSR count). The Bertz CT molecular complexity index is 2090. The van der Waals surface area contributed by atoms with Gasteiger partial charge in [-0.05, 0) is 215 Å². The third-order valence-electron chi connectivity index (χ3n) is 22.9. The number of ketones is 1. The van der Waals surface area contributed by atoms with Gasteiger partial charge in [0, 0.05) is 18.9 Å². The highest BCUT2D eigenvalue weighted by Gasteiger charge is 2.62. The van der Waals surface area contributed by atoms with Gasteiger partial charge in [0.05, 0.1) is 23.3 Å². The summed E-state index contributed by atoms with van der Waals surface area (Å²) in [6.45, 7) is 20.7. The van der Waals surface area contributed by atoms with Crippen LogP contribution in [-0.2, 0) is 4.79 Å². The molecule has 1 heterocycles. The van der Waals surface area contributed by atoms with Crippen LogP contribution in [0.2, 0.25) is 0 Å². The number of rotatable bonds is 13. The SMILES string of the molecule is C[C@@H](CN)CCC[C@@H](C)[C@H]1CC[C@H]2[C@@H]3CC=C4C[C@@H](O)CC[C@]4(C)[C@H]3CC[C@]12C.C[C@H](CCC[C@@H](C)[C@H]1C(=O)C[C@H]2[C@@H]3CC=C4C[C@@H](O)CC[C@]4(C)[C@H]3CC[C@]12C)CN1C(=O)c2ccccc2C1=O. The molecule has 8 aliphatic carbocycles. The molecule has 18 atom stereocenters. The topological polar surface area (TPSA) is 121 Å². The predicted octanol–water partition coefficient (Wildman–Crippen LogP) is 13.2. The normalized spacial score (nSPS) is 41.7. The Balaban J connectivity index is 0.000000181. The number of hydrogen-bond acceptors (Lipinski definition) is 6. The molecule has 6 fully saturated rings. The summed E-state index contributed by atoms with van der Waals surface area (Å²) in [5.41, 5.74) is 11.2. The zero-order valence-corrected chi connectivity index (χ0v) is 44.5. The number of allylic oxidation sites excluding steroid dienone is 2. The second-order valence-electron chi connectivity index (χ2n) is 26.8. The molecule has 0 bridgehead atoms. The fraction of sp³-hybridized carbons (Fsp3) is 0.790. The number of aliphatic hydroxyl groups excluding tert-OH is 2. The fourth-order valence-electron chi connectivity index (χ4n) is 18.9. The summed E-state index contributed by atoms with van der Waals surface area (Å²) in [6.07, 6.45) is 29.0. The van der Waals surface area contributed by atoms with Gasteiger partial charge in [-0.25, -0.2) is 0 Å². The van der Waals surface area contributed by atoms with Crippen LogP contribution < -0.4 is 5.73 Å². The van der Waals surface area contributed by atoms with Crippen LogP contribution in [0.25, 0.3) is 0 Å². The van der Waals surface area contributed by atoms with Gasteiger partial charge in [-0.15, -0.1) is 0 Å². The van der Waals surface area contributed by atoms with Gasteiger partial charge in [0.25, 0.3) is 11.8 Å². The standard InChI is InChI=1S/C35H47NO4.C27H47NO/c1-21(20-36-32(39)25-10-5-6-11-26(25)33(36)40)8-7-9-22(2)31-30(38)19-29-27-13-12-23-18-24(37)14-16-34(23,3)28(27)15-17-35(29,31)4;1-18(17-28)6-5-7-19(2)23-10-11-24-22-9-8-20-16-21(29)12-14-26(20,3)25(22)13-15-27(23,24)4/h5-6,10-12,21-22,24,27-29,31,37H,7-9,13-20H2,1-4H3;8,18-19,21-25,29H,5-7,9-17,28H2,1-4H3/t21-,22-,24+,27-,28+,29+,31+,34+,35+;18-,19-,21+,22+,23-,24+,25+,26+,27-/m11/s1. The molecule has 4 N–H and O–H groups in total. The zero-order valence-electron chi connectivity index (χ0n) is 44.5. The van der Waals surface area contributed by atoms with Gasteiger partial charge in [0.1, 0.15) is 5.78 Å². The lowest BCUT2D eigenvalue weighted by molar-refractivity contribution is -0.124. The number of amides is 2. The maximum absolute atomic E-state index is 13.6. The van der Waals surface area contributed by atoms with E-state index in [1.54, 1.807) is 17.7 Å². The lowest BCUT2D eigenvalue weighted by Gasteiger charge is -2.58. The molecule has 0 spiro atoms. The first-order valence-electron chi connectivity index (χ1n) is 28.8. The molecule has 1 aromatic rings. The first-order chi connectivity index (χ1) is 32.8. The molecule has 69 heavy (non-hydrogen) atoms. The zero-order chi connectivity index (χ0) is 49.2. The highest BCUT2D eigenvalue weighted by atomic mass is 16.3. The minimum atomic E-state index is -0.182. The maximum Gasteiger partial charge on any atom is 0.261 e. The van der Waals surface area contributed by atoms with Crippen molar-refractivity contribution in [1.29, 1.82) is 0 Å².